The molecule has 1 aromatic rings. The molecule has 0 unspecified atom stereocenters. The van der Waals surface area contributed by atoms with Crippen LogP contribution in [0.5, 0.6) is 5.75 Å². The Morgan fingerprint density at radius 2 is 2.00 bits per heavy atom. The van der Waals surface area contributed by atoms with Crippen LogP contribution in [0.4, 0.5) is 0 Å². The van der Waals surface area contributed by atoms with E-state index in [0.717, 1.165) is 35.1 Å². The van der Waals surface area contributed by atoms with E-state index in [1.807, 2.05) is 0 Å². The third-order valence-electron chi connectivity index (χ3n) is 2.72. The molecule has 0 aliphatic rings. The van der Waals surface area contributed by atoms with Crippen molar-refractivity contribution < 1.29 is 3.07 Å². The van der Waals surface area contributed by atoms with E-state index < -0.39 is 0 Å². The molecule has 1 rings (SSSR count). The van der Waals surface area contributed by atoms with Crippen molar-refractivity contribution in [2.24, 2.45) is 0 Å². The molecule has 0 aromatic heterocycles. The molecule has 0 atom stereocenters. The molecule has 1 nitrogen and oxygen atoms in total. The minimum atomic E-state index is 1.08. The third-order valence-corrected chi connectivity index (χ3v) is 3.34. The van der Waals surface area contributed by atoms with Gasteiger partial charge in [-0.2, -0.15) is 0 Å². The summed E-state index contributed by atoms with van der Waals surface area (Å²) >= 11 is 1.12. The molecule has 0 aliphatic carbocycles. The fourth-order valence-corrected chi connectivity index (χ4v) is 2.15. The molecule has 0 amide bonds. The van der Waals surface area contributed by atoms with Gasteiger partial charge in [-0.1, -0.05) is 0 Å². The summed E-state index contributed by atoms with van der Waals surface area (Å²) < 4.78 is 5.47. The Hall–Kier alpha value is -0.181. The van der Waals surface area contributed by atoms with Gasteiger partial charge in [0.2, 0.25) is 0 Å². The molecule has 3 radical (unpaired) electrons. The molecular formula is C12H17OSn. The van der Waals surface area contributed by atoms with E-state index in [0.29, 0.717) is 0 Å². The molecule has 0 saturated carbocycles. The molecule has 75 valence electrons. The molecular weight excluding hydrogens is 279 g/mol. The van der Waals surface area contributed by atoms with Crippen molar-refractivity contribution in [3.8, 4) is 5.75 Å². The van der Waals surface area contributed by atoms with E-state index in [2.05, 4.69) is 32.9 Å². The second kappa shape index (κ2) is 5.64. The summed E-state index contributed by atoms with van der Waals surface area (Å²) in [6.07, 6.45) is 3.63. The molecule has 14 heavy (non-hydrogen) atoms. The van der Waals surface area contributed by atoms with E-state index in [1.165, 1.54) is 29.5 Å². The third kappa shape index (κ3) is 2.66. The Labute approximate surface area is 100 Å². The molecule has 0 aliphatic heterocycles. The van der Waals surface area contributed by atoms with Crippen LogP contribution in [0.15, 0.2) is 12.1 Å². The Morgan fingerprint density at radius 1 is 1.29 bits per heavy atom. The van der Waals surface area contributed by atoms with Gasteiger partial charge in [0.1, 0.15) is 0 Å². The zero-order valence-electron chi connectivity index (χ0n) is 9.18. The number of benzene rings is 1. The van der Waals surface area contributed by atoms with E-state index >= 15 is 0 Å². The van der Waals surface area contributed by atoms with Gasteiger partial charge in [-0.05, 0) is 0 Å². The molecule has 1 aromatic carbocycles. The van der Waals surface area contributed by atoms with E-state index in [9.17, 15) is 0 Å². The van der Waals surface area contributed by atoms with Gasteiger partial charge in [-0.3, -0.25) is 0 Å². The molecule has 0 N–H and O–H groups in total. The fourth-order valence-electron chi connectivity index (χ4n) is 1.61. The monoisotopic (exact) mass is 297 g/mol. The van der Waals surface area contributed by atoms with Crippen molar-refractivity contribution >= 4 is 22.9 Å². The van der Waals surface area contributed by atoms with Crippen LogP contribution in [0.3, 0.4) is 0 Å². The number of hydrogen-bond acceptors (Lipinski definition) is 1. The first-order valence-electron chi connectivity index (χ1n) is 5.13. The van der Waals surface area contributed by atoms with Crippen molar-refractivity contribution in [3.05, 3.63) is 28.8 Å². The minimum absolute atomic E-state index is 1.08. The van der Waals surface area contributed by atoms with Gasteiger partial charge in [0.15, 0.2) is 0 Å². The zero-order valence-corrected chi connectivity index (χ0v) is 12.0. The van der Waals surface area contributed by atoms with Gasteiger partial charge in [0, 0.05) is 0 Å². The van der Waals surface area contributed by atoms with Crippen molar-refractivity contribution in [2.75, 3.05) is 0 Å². The van der Waals surface area contributed by atoms with Crippen LogP contribution in [-0.2, 0) is 6.42 Å². The summed E-state index contributed by atoms with van der Waals surface area (Å²) in [6.45, 7) is 6.58. The maximum atomic E-state index is 5.47. The number of rotatable bonds is 4. The van der Waals surface area contributed by atoms with Crippen molar-refractivity contribution in [2.45, 2.75) is 40.0 Å². The van der Waals surface area contributed by atoms with Gasteiger partial charge < -0.3 is 0 Å². The molecule has 0 heterocycles. The van der Waals surface area contributed by atoms with E-state index in [4.69, 9.17) is 3.07 Å². The number of aryl methyl sites for hydroxylation is 1. The average molecular weight is 296 g/mol. The first kappa shape index (κ1) is 11.9. The second-order valence-corrected chi connectivity index (χ2v) is 4.27. The SMILES string of the molecule is CCCCc1c([O][Sn])ccc(C)c1C. The van der Waals surface area contributed by atoms with Crippen molar-refractivity contribution in [1.29, 1.82) is 0 Å². The maximum absolute atomic E-state index is 5.47. The normalized spacial score (nSPS) is 10.3. The Kier molecular flexibility index (Phi) is 4.79. The second-order valence-electron chi connectivity index (χ2n) is 3.69. The number of hydrogen-bond donors (Lipinski definition) is 0. The van der Waals surface area contributed by atoms with E-state index in [-0.39, 0.29) is 0 Å². The quantitative estimate of drug-likeness (QED) is 0.776. The summed E-state index contributed by atoms with van der Waals surface area (Å²) in [6, 6.07) is 4.24. The van der Waals surface area contributed by atoms with Crippen LogP contribution in [0.2, 0.25) is 0 Å². The summed E-state index contributed by atoms with van der Waals surface area (Å²) in [4.78, 5) is 0. The first-order chi connectivity index (χ1) is 6.70. The summed E-state index contributed by atoms with van der Waals surface area (Å²) in [7, 11) is 0. The Morgan fingerprint density at radius 3 is 2.57 bits per heavy atom. The molecule has 0 spiro atoms. The van der Waals surface area contributed by atoms with Crippen LogP contribution in [-0.4, -0.2) is 22.9 Å². The average Bonchev–Trinajstić information content (AvgIpc) is 2.20. The summed E-state index contributed by atoms with van der Waals surface area (Å²) in [5.41, 5.74) is 4.18. The topological polar surface area (TPSA) is 9.23 Å². The standard InChI is InChI=1S/C12H18O.Sn/c1-4-5-6-11-10(3)9(2)7-8-12(11)13;/h7-8,13H,4-6H2,1-3H3;/q;+1/p-1. The van der Waals surface area contributed by atoms with Crippen LogP contribution in [0.1, 0.15) is 36.5 Å². The van der Waals surface area contributed by atoms with Crippen LogP contribution >= 0.6 is 0 Å². The predicted octanol–water partition coefficient (Wildman–Crippen LogP) is 3.11. The Balaban J connectivity index is 3.01. The number of unbranched alkanes of at least 4 members (excludes halogenated alkanes) is 1. The van der Waals surface area contributed by atoms with Crippen LogP contribution in [0, 0.1) is 13.8 Å². The van der Waals surface area contributed by atoms with Gasteiger partial charge in [0.25, 0.3) is 0 Å². The van der Waals surface area contributed by atoms with Crippen LogP contribution < -0.4 is 3.07 Å². The first-order valence-corrected chi connectivity index (χ1v) is 6.29. The van der Waals surface area contributed by atoms with Crippen LogP contribution in [0.25, 0.3) is 0 Å². The van der Waals surface area contributed by atoms with E-state index in [1.54, 1.807) is 0 Å². The summed E-state index contributed by atoms with van der Waals surface area (Å²) in [5.74, 6) is 1.08. The zero-order chi connectivity index (χ0) is 10.6. The van der Waals surface area contributed by atoms with Crippen molar-refractivity contribution in [1.82, 2.24) is 0 Å². The predicted molar refractivity (Wildman–Crippen MR) is 60.9 cm³/mol. The molecule has 2 heteroatoms. The summed E-state index contributed by atoms with van der Waals surface area (Å²) in [5, 5.41) is 0. The van der Waals surface area contributed by atoms with Gasteiger partial charge in [-0.25, -0.2) is 0 Å². The molecule has 0 saturated heterocycles. The fraction of sp³-hybridized carbons (Fsp3) is 0.500. The van der Waals surface area contributed by atoms with Gasteiger partial charge >= 0.3 is 101 Å². The Bertz CT molecular complexity index is 307. The van der Waals surface area contributed by atoms with Crippen molar-refractivity contribution in [3.63, 3.8) is 0 Å². The van der Waals surface area contributed by atoms with Gasteiger partial charge in [0.05, 0.1) is 0 Å². The molecule has 0 bridgehead atoms. The van der Waals surface area contributed by atoms with Gasteiger partial charge in [-0.15, -0.1) is 0 Å². The molecule has 0 fully saturated rings.